The average molecular weight is 540 g/mol. The number of carbonyl (C=O) groups excluding carboxylic acids is 2. The molecule has 32 heavy (non-hydrogen) atoms. The van der Waals surface area contributed by atoms with Gasteiger partial charge in [0.25, 0.3) is 0 Å². The van der Waals surface area contributed by atoms with Gasteiger partial charge in [0.2, 0.25) is 0 Å². The second-order valence-corrected chi connectivity index (χ2v) is 15.3. The Morgan fingerprint density at radius 1 is 0.656 bits per heavy atom. The van der Waals surface area contributed by atoms with E-state index in [1.807, 2.05) is 0 Å². The van der Waals surface area contributed by atoms with Crippen LogP contribution >= 0.6 is 30.4 Å². The van der Waals surface area contributed by atoms with Crippen molar-refractivity contribution >= 4 is 42.3 Å². The van der Waals surface area contributed by atoms with E-state index in [2.05, 4.69) is 0 Å². The van der Waals surface area contributed by atoms with Crippen LogP contribution in [0.25, 0.3) is 0 Å². The average Bonchev–Trinajstić information content (AvgIpc) is 2.52. The molecular weight excluding hydrogens is 524 g/mol. The summed E-state index contributed by atoms with van der Waals surface area (Å²) in [6, 6.07) is 0. The fourth-order valence-electron chi connectivity index (χ4n) is 3.19. The lowest BCUT2D eigenvalue weighted by Gasteiger charge is -2.63. The van der Waals surface area contributed by atoms with Crippen LogP contribution in [0.3, 0.4) is 0 Å². The minimum absolute atomic E-state index is 0.590. The molecule has 0 heterocycles. The third-order valence-electron chi connectivity index (χ3n) is 5.12. The van der Waals surface area contributed by atoms with E-state index in [0.29, 0.717) is 13.8 Å². The standard InChI is InChI=1S/C12H26O16P4/c1-3-11(29(17,18)19,30(20,21)22)5-8(10(15)16)6-12(31(23,24)25,32(26,27)28)4-7(2)9(13)14/h7-8H,3-6H2,1-2H3,(H,13,14)(H,15,16)(H2,17,18,19)(H2,20,21,22)(H2,23,24,25)(H2,26,27,28)/p-10. The van der Waals surface area contributed by atoms with Gasteiger partial charge in [-0.2, -0.15) is 0 Å². The maximum absolute atomic E-state index is 11.8. The first-order valence-corrected chi connectivity index (χ1v) is 14.6. The van der Waals surface area contributed by atoms with Gasteiger partial charge in [-0.1, -0.05) is 44.2 Å². The van der Waals surface area contributed by atoms with Gasteiger partial charge in [0.05, 0.1) is 0 Å². The molecule has 0 aromatic rings. The fourth-order valence-corrected chi connectivity index (χ4v) is 9.13. The van der Waals surface area contributed by atoms with Crippen molar-refractivity contribution in [1.82, 2.24) is 0 Å². The highest BCUT2D eigenvalue weighted by atomic mass is 31.2. The van der Waals surface area contributed by atoms with Crippen LogP contribution in [0.5, 0.6) is 0 Å². The summed E-state index contributed by atoms with van der Waals surface area (Å²) in [7, 11) is -26.7. The van der Waals surface area contributed by atoms with Gasteiger partial charge in [-0.05, 0) is 31.6 Å². The van der Waals surface area contributed by atoms with Crippen LogP contribution in [0.15, 0.2) is 0 Å². The van der Waals surface area contributed by atoms with Crippen molar-refractivity contribution in [2.24, 2.45) is 11.8 Å². The highest BCUT2D eigenvalue weighted by Gasteiger charge is 2.45. The third-order valence-corrected chi connectivity index (χ3v) is 13.9. The number of aliphatic carboxylic acids is 2. The van der Waals surface area contributed by atoms with E-state index >= 15 is 0 Å². The van der Waals surface area contributed by atoms with E-state index in [-0.39, 0.29) is 0 Å². The number of carboxylic acids is 2. The zero-order valence-electron chi connectivity index (χ0n) is 16.3. The predicted molar refractivity (Wildman–Crippen MR) is 82.7 cm³/mol. The molecule has 0 N–H and O–H groups in total. The molecule has 190 valence electrons. The van der Waals surface area contributed by atoms with E-state index in [0.717, 1.165) is 0 Å². The van der Waals surface area contributed by atoms with Gasteiger partial charge >= 0.3 is 0 Å². The molecule has 2 unspecified atom stereocenters. The molecule has 0 saturated carbocycles. The molecule has 0 aromatic carbocycles. The Morgan fingerprint density at radius 2 is 0.969 bits per heavy atom. The van der Waals surface area contributed by atoms with Gasteiger partial charge in [0.1, 0.15) is 0 Å². The molecule has 0 rings (SSSR count). The Morgan fingerprint density at radius 3 is 1.19 bits per heavy atom. The number of rotatable bonds is 13. The van der Waals surface area contributed by atoms with Gasteiger partial charge in [-0.15, -0.1) is 0 Å². The van der Waals surface area contributed by atoms with Gasteiger partial charge in [-0.25, -0.2) is 0 Å². The van der Waals surface area contributed by atoms with Crippen molar-refractivity contribution < 1.29 is 77.2 Å². The summed E-state index contributed by atoms with van der Waals surface area (Å²) in [6.07, 6.45) is -7.48. The highest BCUT2D eigenvalue weighted by Crippen LogP contribution is 2.69. The quantitative estimate of drug-likeness (QED) is 0.196. The second kappa shape index (κ2) is 10.0. The van der Waals surface area contributed by atoms with Crippen molar-refractivity contribution in [3.63, 3.8) is 0 Å². The molecule has 0 radical (unpaired) electrons. The van der Waals surface area contributed by atoms with Crippen LogP contribution in [-0.4, -0.2) is 21.7 Å². The molecule has 0 saturated heterocycles. The van der Waals surface area contributed by atoms with E-state index in [1.54, 1.807) is 0 Å². The zero-order valence-corrected chi connectivity index (χ0v) is 19.9. The molecule has 0 amide bonds. The van der Waals surface area contributed by atoms with Crippen molar-refractivity contribution in [1.29, 1.82) is 0 Å². The first-order chi connectivity index (χ1) is 13.9. The van der Waals surface area contributed by atoms with E-state index in [4.69, 9.17) is 0 Å². The Labute approximate surface area is 181 Å². The van der Waals surface area contributed by atoms with Crippen LogP contribution in [0.4, 0.5) is 0 Å². The third kappa shape index (κ3) is 6.35. The molecular formula is C12H16O16P4-10. The maximum Gasteiger partial charge on any atom is 0.0446 e. The summed E-state index contributed by atoms with van der Waals surface area (Å²) in [6.45, 7) is 1.24. The van der Waals surface area contributed by atoms with Gasteiger partial charge < -0.3 is 77.2 Å². The summed E-state index contributed by atoms with van der Waals surface area (Å²) in [5, 5.41) is 22.4. The van der Waals surface area contributed by atoms with Crippen LogP contribution < -0.4 is 49.4 Å². The van der Waals surface area contributed by atoms with Crippen LogP contribution in [0, 0.1) is 11.8 Å². The molecule has 0 aliphatic rings. The number of carboxylic acid groups (broad SMARTS) is 2. The predicted octanol–water partition coefficient (Wildman–Crippen LogP) is -7.63. The van der Waals surface area contributed by atoms with Gasteiger partial charge in [0.15, 0.2) is 0 Å². The first kappa shape index (κ1) is 31.5. The molecule has 0 aromatic heterocycles. The summed E-state index contributed by atoms with van der Waals surface area (Å²) in [4.78, 5) is 108. The molecule has 0 aliphatic heterocycles. The van der Waals surface area contributed by atoms with Crippen molar-refractivity contribution in [3.05, 3.63) is 0 Å². The van der Waals surface area contributed by atoms with Crippen molar-refractivity contribution in [2.75, 3.05) is 0 Å². The van der Waals surface area contributed by atoms with Crippen LogP contribution in [0.2, 0.25) is 0 Å². The maximum atomic E-state index is 11.8. The molecule has 0 spiro atoms. The van der Waals surface area contributed by atoms with Crippen molar-refractivity contribution in [2.45, 2.75) is 49.3 Å². The molecule has 20 heteroatoms. The molecule has 0 bridgehead atoms. The smallest absolute Gasteiger partial charge is 0.0446 e. The normalized spacial score (nSPS) is 16.4. The zero-order chi connectivity index (χ0) is 26.1. The van der Waals surface area contributed by atoms with E-state index in [1.165, 1.54) is 0 Å². The van der Waals surface area contributed by atoms with Crippen LogP contribution in [0.1, 0.15) is 39.5 Å². The Kier molecular flexibility index (Phi) is 9.89. The lowest BCUT2D eigenvalue weighted by atomic mass is 9.92. The summed E-state index contributed by atoms with van der Waals surface area (Å²) >= 11 is 0. The molecule has 16 nitrogen and oxygen atoms in total. The first-order valence-electron chi connectivity index (χ1n) is 8.40. The Hall–Kier alpha value is -0.460. The molecule has 2 atom stereocenters. The van der Waals surface area contributed by atoms with Gasteiger partial charge in [-0.3, -0.25) is 0 Å². The number of hydrogen-bond donors (Lipinski definition) is 0. The number of carbonyl (C=O) groups is 2. The highest BCUT2D eigenvalue weighted by molar-refractivity contribution is 7.70. The molecule has 0 fully saturated rings. The summed E-state index contributed by atoms with van der Waals surface area (Å²) < 4.78 is 46.6. The largest absolute Gasteiger partial charge is 0.810 e. The summed E-state index contributed by atoms with van der Waals surface area (Å²) in [5.74, 6) is -9.94. The van der Waals surface area contributed by atoms with Gasteiger partial charge in [0, 0.05) is 27.7 Å². The summed E-state index contributed by atoms with van der Waals surface area (Å²) in [5.41, 5.74) is 0. The fraction of sp³-hybridized carbons (Fsp3) is 0.833. The number of hydrogen-bond acceptors (Lipinski definition) is 16. The van der Waals surface area contributed by atoms with Crippen LogP contribution in [-0.2, 0) is 27.8 Å². The minimum atomic E-state index is -6.79. The van der Waals surface area contributed by atoms with Crippen molar-refractivity contribution in [3.8, 4) is 0 Å². The topological polar surface area (TPSA) is 333 Å². The SMILES string of the molecule is CCC(CC(CC(CC(C)C(=O)[O-])(P(=O)([O-])[O-])P(=O)([O-])[O-])C(=O)[O-])(P(=O)([O-])[O-])P(=O)([O-])[O-]. The lowest BCUT2D eigenvalue weighted by Crippen LogP contribution is -2.53. The lowest BCUT2D eigenvalue weighted by molar-refractivity contribution is -0.340. The monoisotopic (exact) mass is 540 g/mol. The molecule has 0 aliphatic carbocycles. The Balaban J connectivity index is 6.97. The minimum Gasteiger partial charge on any atom is -0.810 e. The van der Waals surface area contributed by atoms with E-state index < -0.39 is 89.6 Å². The van der Waals surface area contributed by atoms with E-state index in [9.17, 15) is 77.2 Å². The second-order valence-electron chi connectivity index (χ2n) is 7.16. The Bertz CT molecular complexity index is 860.